The fourth-order valence-corrected chi connectivity index (χ4v) is 3.03. The van der Waals surface area contributed by atoms with E-state index in [1.165, 1.54) is 5.56 Å². The van der Waals surface area contributed by atoms with Gasteiger partial charge in [0.2, 0.25) is 5.16 Å². The SMILES string of the molecule is Brc1ccccc1-c1nc(SCc2ccccc2)n[nH]1. The molecular weight excluding hydrogens is 334 g/mol. The van der Waals surface area contributed by atoms with Crippen molar-refractivity contribution in [2.24, 2.45) is 0 Å². The van der Waals surface area contributed by atoms with Gasteiger partial charge in [-0.25, -0.2) is 4.98 Å². The summed E-state index contributed by atoms with van der Waals surface area (Å²) in [7, 11) is 0. The Bertz CT molecular complexity index is 697. The Morgan fingerprint density at radius 1 is 1.00 bits per heavy atom. The molecule has 3 aromatic rings. The molecule has 20 heavy (non-hydrogen) atoms. The molecule has 0 saturated heterocycles. The summed E-state index contributed by atoms with van der Waals surface area (Å²) in [5.41, 5.74) is 2.29. The van der Waals surface area contributed by atoms with Crippen LogP contribution in [0.2, 0.25) is 0 Å². The van der Waals surface area contributed by atoms with Crippen molar-refractivity contribution in [3.05, 3.63) is 64.6 Å². The number of rotatable bonds is 4. The van der Waals surface area contributed by atoms with Crippen molar-refractivity contribution in [1.29, 1.82) is 0 Å². The highest BCUT2D eigenvalue weighted by molar-refractivity contribution is 9.10. The van der Waals surface area contributed by atoms with E-state index in [0.29, 0.717) is 0 Å². The summed E-state index contributed by atoms with van der Waals surface area (Å²) in [6.45, 7) is 0. The Kier molecular flexibility index (Phi) is 4.18. The molecule has 0 aliphatic carbocycles. The number of H-pyrrole nitrogens is 1. The van der Waals surface area contributed by atoms with Crippen LogP contribution in [0.15, 0.2) is 64.2 Å². The Hall–Kier alpha value is -1.59. The molecule has 0 radical (unpaired) electrons. The van der Waals surface area contributed by atoms with Crippen molar-refractivity contribution >= 4 is 27.7 Å². The molecule has 2 aromatic carbocycles. The molecule has 0 saturated carbocycles. The quantitative estimate of drug-likeness (QED) is 0.706. The highest BCUT2D eigenvalue weighted by Gasteiger charge is 2.08. The minimum absolute atomic E-state index is 0.764. The number of hydrogen-bond acceptors (Lipinski definition) is 3. The lowest BCUT2D eigenvalue weighted by molar-refractivity contribution is 0.973. The van der Waals surface area contributed by atoms with Gasteiger partial charge in [-0.05, 0) is 11.6 Å². The van der Waals surface area contributed by atoms with Crippen LogP contribution in [0, 0.1) is 0 Å². The first-order valence-corrected chi connectivity index (χ1v) is 7.95. The zero-order valence-corrected chi connectivity index (χ0v) is 13.0. The van der Waals surface area contributed by atoms with Gasteiger partial charge in [0.05, 0.1) is 0 Å². The first-order valence-electron chi connectivity index (χ1n) is 6.17. The summed E-state index contributed by atoms with van der Waals surface area (Å²) in [5, 5.41) is 8.01. The van der Waals surface area contributed by atoms with E-state index < -0.39 is 0 Å². The van der Waals surface area contributed by atoms with Crippen LogP contribution >= 0.6 is 27.7 Å². The van der Waals surface area contributed by atoms with E-state index >= 15 is 0 Å². The molecule has 0 aliphatic heterocycles. The Balaban J connectivity index is 1.73. The molecule has 3 nitrogen and oxygen atoms in total. The lowest BCUT2D eigenvalue weighted by atomic mass is 10.2. The normalized spacial score (nSPS) is 10.7. The predicted octanol–water partition coefficient (Wildman–Crippen LogP) is 4.53. The monoisotopic (exact) mass is 345 g/mol. The Labute approximate surface area is 130 Å². The lowest BCUT2D eigenvalue weighted by Gasteiger charge is -1.98. The maximum absolute atomic E-state index is 4.52. The fourth-order valence-electron chi connectivity index (χ4n) is 1.81. The molecule has 0 spiro atoms. The summed E-state index contributed by atoms with van der Waals surface area (Å²) in [5.74, 6) is 1.65. The highest BCUT2D eigenvalue weighted by Crippen LogP contribution is 2.27. The van der Waals surface area contributed by atoms with E-state index in [-0.39, 0.29) is 0 Å². The van der Waals surface area contributed by atoms with E-state index in [9.17, 15) is 0 Å². The molecule has 1 N–H and O–H groups in total. The Morgan fingerprint density at radius 2 is 1.75 bits per heavy atom. The van der Waals surface area contributed by atoms with E-state index in [1.807, 2.05) is 42.5 Å². The second kappa shape index (κ2) is 6.24. The van der Waals surface area contributed by atoms with Gasteiger partial charge in [0, 0.05) is 15.8 Å². The number of nitrogens with zero attached hydrogens (tertiary/aromatic N) is 2. The lowest BCUT2D eigenvalue weighted by Crippen LogP contribution is -1.82. The van der Waals surface area contributed by atoms with Gasteiger partial charge in [-0.15, -0.1) is 5.10 Å². The van der Waals surface area contributed by atoms with Crippen LogP contribution in [0.4, 0.5) is 0 Å². The summed E-state index contributed by atoms with van der Waals surface area (Å²) in [6.07, 6.45) is 0. The van der Waals surface area contributed by atoms with Gasteiger partial charge in [0.1, 0.15) is 0 Å². The van der Waals surface area contributed by atoms with Crippen molar-refractivity contribution in [2.45, 2.75) is 10.9 Å². The maximum atomic E-state index is 4.52. The van der Waals surface area contributed by atoms with E-state index in [4.69, 9.17) is 0 Å². The van der Waals surface area contributed by atoms with Crippen LogP contribution in [0.5, 0.6) is 0 Å². The summed E-state index contributed by atoms with van der Waals surface area (Å²) in [6, 6.07) is 18.3. The fraction of sp³-hybridized carbons (Fsp3) is 0.0667. The second-order valence-electron chi connectivity index (χ2n) is 4.22. The standard InChI is InChI=1S/C15H12BrN3S/c16-13-9-5-4-8-12(13)14-17-15(19-18-14)20-10-11-6-2-1-3-7-11/h1-9H,10H2,(H,17,18,19). The van der Waals surface area contributed by atoms with Crippen LogP contribution in [0.3, 0.4) is 0 Å². The molecule has 0 atom stereocenters. The number of hydrogen-bond donors (Lipinski definition) is 1. The topological polar surface area (TPSA) is 41.6 Å². The Morgan fingerprint density at radius 3 is 2.55 bits per heavy atom. The van der Waals surface area contributed by atoms with Crippen molar-refractivity contribution < 1.29 is 0 Å². The van der Waals surface area contributed by atoms with Gasteiger partial charge in [0.15, 0.2) is 5.82 Å². The number of halogens is 1. The van der Waals surface area contributed by atoms with Gasteiger partial charge >= 0.3 is 0 Å². The molecule has 0 bridgehead atoms. The van der Waals surface area contributed by atoms with Crippen molar-refractivity contribution in [3.63, 3.8) is 0 Å². The minimum Gasteiger partial charge on any atom is -0.258 e. The minimum atomic E-state index is 0.764. The van der Waals surface area contributed by atoms with Crippen LogP contribution in [0.1, 0.15) is 5.56 Å². The predicted molar refractivity (Wildman–Crippen MR) is 85.5 cm³/mol. The third-order valence-corrected chi connectivity index (χ3v) is 4.41. The average Bonchev–Trinajstić information content (AvgIpc) is 2.95. The van der Waals surface area contributed by atoms with Crippen molar-refractivity contribution in [3.8, 4) is 11.4 Å². The largest absolute Gasteiger partial charge is 0.258 e. The van der Waals surface area contributed by atoms with Gasteiger partial charge < -0.3 is 0 Å². The number of aromatic nitrogens is 3. The van der Waals surface area contributed by atoms with Crippen LogP contribution < -0.4 is 0 Å². The number of aromatic amines is 1. The third kappa shape index (κ3) is 3.11. The van der Waals surface area contributed by atoms with Gasteiger partial charge in [-0.3, -0.25) is 5.10 Å². The first kappa shape index (κ1) is 13.4. The zero-order chi connectivity index (χ0) is 13.8. The molecule has 1 heterocycles. The van der Waals surface area contributed by atoms with Gasteiger partial charge in [-0.1, -0.05) is 76.2 Å². The number of benzene rings is 2. The molecule has 0 amide bonds. The molecule has 0 fully saturated rings. The molecule has 0 aliphatic rings. The summed E-state index contributed by atoms with van der Waals surface area (Å²) >= 11 is 5.15. The number of thioether (sulfide) groups is 1. The third-order valence-electron chi connectivity index (χ3n) is 2.80. The smallest absolute Gasteiger partial charge is 0.209 e. The molecule has 100 valence electrons. The maximum Gasteiger partial charge on any atom is 0.209 e. The van der Waals surface area contributed by atoms with Gasteiger partial charge in [-0.2, -0.15) is 0 Å². The number of nitrogens with one attached hydrogen (secondary N) is 1. The second-order valence-corrected chi connectivity index (χ2v) is 6.02. The molecule has 0 unspecified atom stereocenters. The van der Waals surface area contributed by atoms with Crippen molar-refractivity contribution in [2.75, 3.05) is 0 Å². The van der Waals surface area contributed by atoms with E-state index in [0.717, 1.165) is 26.8 Å². The summed E-state index contributed by atoms with van der Waals surface area (Å²) in [4.78, 5) is 4.52. The highest BCUT2D eigenvalue weighted by atomic mass is 79.9. The molecule has 5 heteroatoms. The van der Waals surface area contributed by atoms with Gasteiger partial charge in [0.25, 0.3) is 0 Å². The summed E-state index contributed by atoms with van der Waals surface area (Å²) < 4.78 is 1.01. The molecular formula is C15H12BrN3S. The van der Waals surface area contributed by atoms with E-state index in [1.54, 1.807) is 11.8 Å². The zero-order valence-electron chi connectivity index (χ0n) is 10.6. The molecule has 1 aromatic heterocycles. The molecule has 3 rings (SSSR count). The van der Waals surface area contributed by atoms with Crippen molar-refractivity contribution in [1.82, 2.24) is 15.2 Å². The van der Waals surface area contributed by atoms with E-state index in [2.05, 4.69) is 43.2 Å². The first-order chi connectivity index (χ1) is 9.83. The van der Waals surface area contributed by atoms with Crippen LogP contribution in [0.25, 0.3) is 11.4 Å². The van der Waals surface area contributed by atoms with Crippen LogP contribution in [-0.4, -0.2) is 15.2 Å². The van der Waals surface area contributed by atoms with Crippen LogP contribution in [-0.2, 0) is 5.75 Å². The average molecular weight is 346 g/mol.